The van der Waals surface area contributed by atoms with Crippen molar-refractivity contribution in [2.75, 3.05) is 13.1 Å². The van der Waals surface area contributed by atoms with Crippen LogP contribution in [0.25, 0.3) is 0 Å². The number of likely N-dealkylation sites (tertiary alicyclic amines) is 1. The van der Waals surface area contributed by atoms with Crippen molar-refractivity contribution in [3.05, 3.63) is 35.9 Å². The van der Waals surface area contributed by atoms with E-state index in [1.54, 1.807) is 41.5 Å². The Balaban J connectivity index is 1.87. The molecule has 0 unspecified atom stereocenters. The highest BCUT2D eigenvalue weighted by molar-refractivity contribution is 6.20. The standard InChI is InChI=1S/C24H33N3O6/c1-22(2,3)32-20(30)26-18(28)24(27(19(26)29)21(31)33-23(4,5)6)12-14-25(15-13-24)16-17-10-8-7-9-11-17/h7-11H,12-16H2,1-6H3. The first-order chi connectivity index (χ1) is 15.2. The van der Waals surface area contributed by atoms with E-state index in [1.165, 1.54) is 0 Å². The smallest absolute Gasteiger partial charge is 0.425 e. The van der Waals surface area contributed by atoms with Crippen molar-refractivity contribution in [2.45, 2.75) is 77.7 Å². The largest absolute Gasteiger partial charge is 0.443 e. The van der Waals surface area contributed by atoms with Crippen LogP contribution in [0, 0.1) is 0 Å². The molecule has 0 N–H and O–H groups in total. The van der Waals surface area contributed by atoms with E-state index in [0.717, 1.165) is 10.5 Å². The average molecular weight is 460 g/mol. The lowest BCUT2D eigenvalue weighted by Crippen LogP contribution is -2.58. The van der Waals surface area contributed by atoms with Gasteiger partial charge in [-0.15, -0.1) is 0 Å². The van der Waals surface area contributed by atoms with Crippen molar-refractivity contribution < 1.29 is 28.7 Å². The predicted molar refractivity (Wildman–Crippen MR) is 120 cm³/mol. The summed E-state index contributed by atoms with van der Waals surface area (Å²) < 4.78 is 10.7. The van der Waals surface area contributed by atoms with Crippen molar-refractivity contribution in [1.82, 2.24) is 14.7 Å². The maximum absolute atomic E-state index is 13.5. The highest BCUT2D eigenvalue weighted by atomic mass is 16.6. The lowest BCUT2D eigenvalue weighted by Gasteiger charge is -2.41. The first-order valence-corrected chi connectivity index (χ1v) is 11.1. The molecule has 0 aliphatic carbocycles. The first kappa shape index (κ1) is 24.7. The van der Waals surface area contributed by atoms with Crippen LogP contribution >= 0.6 is 0 Å². The minimum atomic E-state index is -1.48. The molecule has 0 aromatic heterocycles. The third-order valence-corrected chi connectivity index (χ3v) is 5.50. The molecule has 0 bridgehead atoms. The number of amides is 5. The Morgan fingerprint density at radius 1 is 0.879 bits per heavy atom. The third kappa shape index (κ3) is 5.35. The van der Waals surface area contributed by atoms with E-state index in [9.17, 15) is 19.2 Å². The molecule has 9 heteroatoms. The second-order valence-electron chi connectivity index (χ2n) is 10.5. The molecule has 1 aromatic rings. The van der Waals surface area contributed by atoms with Gasteiger partial charge in [-0.05, 0) is 59.9 Å². The molecular weight excluding hydrogens is 426 g/mol. The van der Waals surface area contributed by atoms with Gasteiger partial charge in [-0.3, -0.25) is 9.69 Å². The number of rotatable bonds is 2. The summed E-state index contributed by atoms with van der Waals surface area (Å²) in [5.74, 6) is -0.744. The van der Waals surface area contributed by atoms with Gasteiger partial charge in [0.25, 0.3) is 5.91 Å². The summed E-state index contributed by atoms with van der Waals surface area (Å²) >= 11 is 0. The molecule has 9 nitrogen and oxygen atoms in total. The molecule has 5 amide bonds. The quantitative estimate of drug-likeness (QED) is 0.613. The van der Waals surface area contributed by atoms with Gasteiger partial charge >= 0.3 is 18.2 Å². The Labute approximate surface area is 194 Å². The normalized spacial score (nSPS) is 19.2. The van der Waals surface area contributed by atoms with Crippen molar-refractivity contribution >= 4 is 24.1 Å². The van der Waals surface area contributed by atoms with Crippen LogP contribution in [0.15, 0.2) is 30.3 Å². The molecule has 180 valence electrons. The number of carbonyl (C=O) groups is 4. The van der Waals surface area contributed by atoms with E-state index >= 15 is 0 Å². The van der Waals surface area contributed by atoms with Crippen LogP contribution in [-0.2, 0) is 20.8 Å². The highest BCUT2D eigenvalue weighted by Crippen LogP contribution is 2.39. The molecule has 2 aliphatic rings. The lowest BCUT2D eigenvalue weighted by molar-refractivity contribution is -0.135. The number of nitrogens with zero attached hydrogens (tertiary/aromatic N) is 3. The van der Waals surface area contributed by atoms with E-state index in [4.69, 9.17) is 9.47 Å². The van der Waals surface area contributed by atoms with Crippen LogP contribution in [0.3, 0.4) is 0 Å². The zero-order chi connectivity index (χ0) is 24.6. The van der Waals surface area contributed by atoms with Crippen molar-refractivity contribution in [1.29, 1.82) is 0 Å². The molecule has 1 spiro atoms. The van der Waals surface area contributed by atoms with Gasteiger partial charge in [0, 0.05) is 19.6 Å². The van der Waals surface area contributed by atoms with E-state index in [2.05, 4.69) is 4.90 Å². The molecule has 2 saturated heterocycles. The molecular formula is C24H33N3O6. The maximum Gasteiger partial charge on any atom is 0.425 e. The Kier molecular flexibility index (Phi) is 6.57. The summed E-state index contributed by atoms with van der Waals surface area (Å²) in [7, 11) is 0. The first-order valence-electron chi connectivity index (χ1n) is 11.1. The molecule has 1 aromatic carbocycles. The molecule has 2 fully saturated rings. The van der Waals surface area contributed by atoms with Crippen LogP contribution < -0.4 is 0 Å². The molecule has 0 atom stereocenters. The SMILES string of the molecule is CC(C)(C)OC(=O)N1C(=O)N(C(=O)OC(C)(C)C)C2(CCN(Cc3ccccc3)CC2)C1=O. The van der Waals surface area contributed by atoms with E-state index < -0.39 is 40.9 Å². The summed E-state index contributed by atoms with van der Waals surface area (Å²) in [5.41, 5.74) is -2.15. The number of ether oxygens (including phenoxy) is 2. The number of carbonyl (C=O) groups excluding carboxylic acids is 4. The monoisotopic (exact) mass is 459 g/mol. The van der Waals surface area contributed by atoms with Gasteiger partial charge < -0.3 is 9.47 Å². The number of benzene rings is 1. The van der Waals surface area contributed by atoms with E-state index in [-0.39, 0.29) is 12.8 Å². The summed E-state index contributed by atoms with van der Waals surface area (Å²) in [4.78, 5) is 56.0. The Bertz CT molecular complexity index is 924. The Morgan fingerprint density at radius 3 is 1.91 bits per heavy atom. The van der Waals surface area contributed by atoms with Crippen molar-refractivity contribution in [3.8, 4) is 0 Å². The van der Waals surface area contributed by atoms with E-state index in [0.29, 0.717) is 24.5 Å². The third-order valence-electron chi connectivity index (χ3n) is 5.50. The van der Waals surface area contributed by atoms with Gasteiger partial charge in [-0.25, -0.2) is 19.3 Å². The number of urea groups is 1. The number of piperidine rings is 1. The van der Waals surface area contributed by atoms with Crippen LogP contribution in [0.2, 0.25) is 0 Å². The number of imide groups is 4. The second-order valence-corrected chi connectivity index (χ2v) is 10.5. The maximum atomic E-state index is 13.5. The number of hydrogen-bond acceptors (Lipinski definition) is 7. The van der Waals surface area contributed by atoms with E-state index in [1.807, 2.05) is 30.3 Å². The van der Waals surface area contributed by atoms with Crippen LogP contribution in [-0.4, -0.2) is 68.7 Å². The molecule has 0 saturated carbocycles. The fourth-order valence-electron chi connectivity index (χ4n) is 4.06. The minimum absolute atomic E-state index is 0.197. The summed E-state index contributed by atoms with van der Waals surface area (Å²) in [6.45, 7) is 11.6. The highest BCUT2D eigenvalue weighted by Gasteiger charge is 2.64. The summed E-state index contributed by atoms with van der Waals surface area (Å²) in [5, 5.41) is 0. The zero-order valence-corrected chi connectivity index (χ0v) is 20.2. The topological polar surface area (TPSA) is 96.5 Å². The van der Waals surface area contributed by atoms with Gasteiger partial charge in [-0.1, -0.05) is 30.3 Å². The molecule has 0 radical (unpaired) electrons. The van der Waals surface area contributed by atoms with Crippen LogP contribution in [0.5, 0.6) is 0 Å². The molecule has 3 rings (SSSR count). The fourth-order valence-corrected chi connectivity index (χ4v) is 4.06. The fraction of sp³-hybridized carbons (Fsp3) is 0.583. The van der Waals surface area contributed by atoms with Gasteiger partial charge in [-0.2, -0.15) is 4.90 Å². The van der Waals surface area contributed by atoms with Crippen molar-refractivity contribution in [2.24, 2.45) is 0 Å². The van der Waals surface area contributed by atoms with Crippen LogP contribution in [0.4, 0.5) is 14.4 Å². The molecule has 2 heterocycles. The zero-order valence-electron chi connectivity index (χ0n) is 20.2. The number of hydrogen-bond donors (Lipinski definition) is 0. The predicted octanol–water partition coefficient (Wildman–Crippen LogP) is 4.16. The lowest BCUT2D eigenvalue weighted by atomic mass is 9.86. The Hall–Kier alpha value is -2.94. The second kappa shape index (κ2) is 8.78. The van der Waals surface area contributed by atoms with Crippen LogP contribution in [0.1, 0.15) is 59.9 Å². The average Bonchev–Trinajstić information content (AvgIpc) is 2.88. The summed E-state index contributed by atoms with van der Waals surface area (Å²) in [6, 6.07) is 8.88. The Morgan fingerprint density at radius 2 is 1.39 bits per heavy atom. The van der Waals surface area contributed by atoms with Gasteiger partial charge in [0.1, 0.15) is 16.7 Å². The molecule has 2 aliphatic heterocycles. The van der Waals surface area contributed by atoms with Crippen molar-refractivity contribution in [3.63, 3.8) is 0 Å². The minimum Gasteiger partial charge on any atom is -0.443 e. The van der Waals surface area contributed by atoms with Gasteiger partial charge in [0.15, 0.2) is 0 Å². The summed E-state index contributed by atoms with van der Waals surface area (Å²) in [6.07, 6.45) is -1.63. The molecule has 33 heavy (non-hydrogen) atoms. The van der Waals surface area contributed by atoms with Gasteiger partial charge in [0.05, 0.1) is 0 Å². The van der Waals surface area contributed by atoms with Gasteiger partial charge in [0.2, 0.25) is 0 Å².